The smallest absolute Gasteiger partial charge is 0.382 e. The molecule has 0 aliphatic heterocycles. The Morgan fingerprint density at radius 1 is 1.31 bits per heavy atom. The van der Waals surface area contributed by atoms with E-state index in [1.54, 1.807) is 6.92 Å². The first-order chi connectivity index (χ1) is 7.63. The van der Waals surface area contributed by atoms with Crippen LogP contribution in [0.2, 0.25) is 6.32 Å². The summed E-state index contributed by atoms with van der Waals surface area (Å²) in [6.07, 6.45) is 0.936. The second-order valence-electron chi connectivity index (χ2n) is 2.86. The Morgan fingerprint density at radius 3 is 2.56 bits per heavy atom. The number of esters is 1. The molecule has 0 amide bonds. The summed E-state index contributed by atoms with van der Waals surface area (Å²) in [5, 5.41) is 0. The molecule has 0 saturated carbocycles. The van der Waals surface area contributed by atoms with Crippen LogP contribution < -0.4 is 5.73 Å². The summed E-state index contributed by atoms with van der Waals surface area (Å²) in [7, 11) is 1.46. The lowest BCUT2D eigenvalue weighted by molar-refractivity contribution is -0.156. The van der Waals surface area contributed by atoms with E-state index < -0.39 is 17.5 Å². The zero-order valence-electron chi connectivity index (χ0n) is 9.23. The maximum absolute atomic E-state index is 11.2. The van der Waals surface area contributed by atoms with Crippen molar-refractivity contribution in [1.82, 2.24) is 0 Å². The fourth-order valence-electron chi connectivity index (χ4n) is 0.921. The van der Waals surface area contributed by atoms with E-state index in [1.165, 1.54) is 7.48 Å². The summed E-state index contributed by atoms with van der Waals surface area (Å²) in [4.78, 5) is 33.1. The summed E-state index contributed by atoms with van der Waals surface area (Å²) >= 11 is 0. The number of nitrogens with two attached hydrogens (primary N) is 1. The molecule has 89 valence electrons. The second kappa shape index (κ2) is 9.05. The normalized spacial score (nSPS) is 9.62. The topological polar surface area (TPSA) is 95.7 Å². The average molecular weight is 228 g/mol. The van der Waals surface area contributed by atoms with Crippen LogP contribution >= 0.6 is 0 Å². The molecule has 2 N–H and O–H groups in total. The molecule has 6 nitrogen and oxygen atoms in total. The van der Waals surface area contributed by atoms with Crippen molar-refractivity contribution in [3.8, 4) is 0 Å². The highest BCUT2D eigenvalue weighted by Gasteiger charge is 2.22. The first-order valence-corrected chi connectivity index (χ1v) is 5.01. The van der Waals surface area contributed by atoms with E-state index in [0.717, 1.165) is 0 Å². The van der Waals surface area contributed by atoms with Gasteiger partial charge in [-0.15, -0.1) is 0 Å². The molecule has 0 aromatic carbocycles. The Labute approximate surface area is 94.7 Å². The van der Waals surface area contributed by atoms with Crippen molar-refractivity contribution < 1.29 is 23.8 Å². The number of ketones is 2. The van der Waals surface area contributed by atoms with Gasteiger partial charge in [-0.25, -0.2) is 4.79 Å². The molecule has 7 heteroatoms. The van der Waals surface area contributed by atoms with Crippen LogP contribution in [0.3, 0.4) is 0 Å². The van der Waals surface area contributed by atoms with Gasteiger partial charge in [-0.1, -0.05) is 12.7 Å². The SMILES string of the molecule is CCOC(=O)C(=O)C(=O)CCC[B]OCN. The number of carbonyl (C=O) groups excluding carboxylic acids is 3. The van der Waals surface area contributed by atoms with Crippen LogP contribution in [0.5, 0.6) is 0 Å². The zero-order chi connectivity index (χ0) is 12.4. The number of Topliss-reactive ketones (excluding diaryl/α,β-unsaturated/α-hetero) is 2. The van der Waals surface area contributed by atoms with Crippen molar-refractivity contribution in [1.29, 1.82) is 0 Å². The van der Waals surface area contributed by atoms with Gasteiger partial charge in [0, 0.05) is 6.42 Å². The van der Waals surface area contributed by atoms with Crippen molar-refractivity contribution in [3.63, 3.8) is 0 Å². The summed E-state index contributed by atoms with van der Waals surface area (Å²) in [6.45, 7) is 1.72. The first kappa shape index (κ1) is 14.8. The maximum atomic E-state index is 11.2. The van der Waals surface area contributed by atoms with Gasteiger partial charge >= 0.3 is 11.8 Å². The van der Waals surface area contributed by atoms with E-state index in [0.29, 0.717) is 12.7 Å². The minimum Gasteiger partial charge on any atom is -0.460 e. The number of carbonyl (C=O) groups is 3. The molecule has 0 atom stereocenters. The summed E-state index contributed by atoms with van der Waals surface area (Å²) in [5.74, 6) is -2.92. The largest absolute Gasteiger partial charge is 0.460 e. The number of rotatable bonds is 9. The second-order valence-corrected chi connectivity index (χ2v) is 2.86. The Kier molecular flexibility index (Phi) is 8.37. The predicted molar refractivity (Wildman–Crippen MR) is 56.6 cm³/mol. The van der Waals surface area contributed by atoms with Crippen molar-refractivity contribution >= 4 is 25.0 Å². The predicted octanol–water partition coefficient (Wildman–Crippen LogP) is -0.562. The monoisotopic (exact) mass is 228 g/mol. The molecule has 1 radical (unpaired) electrons. The number of ether oxygens (including phenoxy) is 1. The standard InChI is InChI=1S/C9H15BNO5/c1-2-15-9(14)8(13)7(12)4-3-5-10-16-6-11/h2-6,11H2,1H3. The first-order valence-electron chi connectivity index (χ1n) is 5.01. The zero-order valence-corrected chi connectivity index (χ0v) is 9.23. The average Bonchev–Trinajstić information content (AvgIpc) is 2.27. The fraction of sp³-hybridized carbons (Fsp3) is 0.667. The van der Waals surface area contributed by atoms with Crippen LogP contribution in [0.4, 0.5) is 0 Å². The van der Waals surface area contributed by atoms with Crippen molar-refractivity contribution in [3.05, 3.63) is 0 Å². The van der Waals surface area contributed by atoms with Crippen LogP contribution in [-0.2, 0) is 23.8 Å². The summed E-state index contributed by atoms with van der Waals surface area (Å²) < 4.78 is 9.14. The van der Waals surface area contributed by atoms with Gasteiger partial charge in [-0.2, -0.15) is 0 Å². The third-order valence-electron chi connectivity index (χ3n) is 1.65. The van der Waals surface area contributed by atoms with Gasteiger partial charge in [0.25, 0.3) is 7.48 Å². The van der Waals surface area contributed by atoms with E-state index in [9.17, 15) is 14.4 Å². The molecule has 0 bridgehead atoms. The highest BCUT2D eigenvalue weighted by Crippen LogP contribution is 1.99. The molecule has 16 heavy (non-hydrogen) atoms. The molecule has 0 aromatic heterocycles. The summed E-state index contributed by atoms with van der Waals surface area (Å²) in [6, 6.07) is 0. The minimum absolute atomic E-state index is 0.00206. The lowest BCUT2D eigenvalue weighted by atomic mass is 9.91. The Hall–Kier alpha value is -1.21. The Bertz CT molecular complexity index is 256. The Morgan fingerprint density at radius 2 is 2.00 bits per heavy atom. The van der Waals surface area contributed by atoms with E-state index in [1.807, 2.05) is 0 Å². The van der Waals surface area contributed by atoms with E-state index in [2.05, 4.69) is 4.74 Å². The van der Waals surface area contributed by atoms with Gasteiger partial charge in [0.05, 0.1) is 13.3 Å². The van der Waals surface area contributed by atoms with E-state index in [4.69, 9.17) is 10.4 Å². The molecule has 0 saturated heterocycles. The lowest BCUT2D eigenvalue weighted by Crippen LogP contribution is -2.26. The highest BCUT2D eigenvalue weighted by atomic mass is 16.5. The van der Waals surface area contributed by atoms with Crippen molar-refractivity contribution in [2.75, 3.05) is 13.3 Å². The molecule has 0 unspecified atom stereocenters. The molecule has 0 rings (SSSR count). The Balaban J connectivity index is 3.71. The van der Waals surface area contributed by atoms with Crippen LogP contribution in [-0.4, -0.2) is 38.4 Å². The van der Waals surface area contributed by atoms with Crippen molar-refractivity contribution in [2.24, 2.45) is 5.73 Å². The van der Waals surface area contributed by atoms with Gasteiger partial charge < -0.3 is 15.1 Å². The molecule has 0 aliphatic carbocycles. The van der Waals surface area contributed by atoms with Gasteiger partial charge in [-0.05, 0) is 6.92 Å². The molecule has 0 aliphatic rings. The number of hydrogen-bond acceptors (Lipinski definition) is 6. The number of hydrogen-bond donors (Lipinski definition) is 1. The van der Waals surface area contributed by atoms with E-state index in [-0.39, 0.29) is 19.8 Å². The third kappa shape index (κ3) is 6.31. The van der Waals surface area contributed by atoms with Crippen LogP contribution in [0, 0.1) is 0 Å². The van der Waals surface area contributed by atoms with Gasteiger partial charge in [-0.3, -0.25) is 9.59 Å². The van der Waals surface area contributed by atoms with Crippen LogP contribution in [0.1, 0.15) is 19.8 Å². The van der Waals surface area contributed by atoms with Crippen LogP contribution in [0.15, 0.2) is 0 Å². The molecule has 0 spiro atoms. The molecule has 0 fully saturated rings. The van der Waals surface area contributed by atoms with Crippen LogP contribution in [0.25, 0.3) is 0 Å². The van der Waals surface area contributed by atoms with Gasteiger partial charge in [0.15, 0.2) is 0 Å². The molecule has 0 aromatic rings. The van der Waals surface area contributed by atoms with Crippen molar-refractivity contribution in [2.45, 2.75) is 26.1 Å². The summed E-state index contributed by atoms with van der Waals surface area (Å²) in [5.41, 5.74) is 5.06. The quantitative estimate of drug-likeness (QED) is 0.142. The lowest BCUT2D eigenvalue weighted by Gasteiger charge is -2.00. The maximum Gasteiger partial charge on any atom is 0.382 e. The van der Waals surface area contributed by atoms with Gasteiger partial charge in [0.2, 0.25) is 5.78 Å². The molecular weight excluding hydrogens is 213 g/mol. The highest BCUT2D eigenvalue weighted by molar-refractivity contribution is 6.62. The third-order valence-corrected chi connectivity index (χ3v) is 1.65. The van der Waals surface area contributed by atoms with E-state index >= 15 is 0 Å². The fourth-order valence-corrected chi connectivity index (χ4v) is 0.921. The molecular formula is C9H15BNO5. The van der Waals surface area contributed by atoms with Gasteiger partial charge in [0.1, 0.15) is 0 Å². The minimum atomic E-state index is -1.10. The molecule has 0 heterocycles.